The van der Waals surface area contributed by atoms with E-state index in [1.165, 1.54) is 0 Å². The molecule has 1 amide bonds. The Morgan fingerprint density at radius 1 is 1.00 bits per heavy atom. The second kappa shape index (κ2) is 6.28. The highest BCUT2D eigenvalue weighted by molar-refractivity contribution is 6.00. The minimum absolute atomic E-state index is 0.0718. The van der Waals surface area contributed by atoms with E-state index in [-0.39, 0.29) is 5.91 Å². The zero-order chi connectivity index (χ0) is 16.4. The van der Waals surface area contributed by atoms with Crippen molar-refractivity contribution in [2.24, 2.45) is 0 Å². The van der Waals surface area contributed by atoms with Gasteiger partial charge < -0.3 is 4.90 Å². The Morgan fingerprint density at radius 3 is 2.62 bits per heavy atom. The molecule has 1 N–H and O–H groups in total. The van der Waals surface area contributed by atoms with Crippen molar-refractivity contribution in [3.63, 3.8) is 0 Å². The molecule has 0 aliphatic carbocycles. The van der Waals surface area contributed by atoms with Crippen molar-refractivity contribution in [3.05, 3.63) is 60.4 Å². The predicted molar refractivity (Wildman–Crippen MR) is 92.4 cm³/mol. The molecule has 0 radical (unpaired) electrons. The van der Waals surface area contributed by atoms with Crippen LogP contribution in [0.3, 0.4) is 0 Å². The van der Waals surface area contributed by atoms with E-state index in [9.17, 15) is 4.79 Å². The third kappa shape index (κ3) is 2.69. The molecule has 0 atom stereocenters. The van der Waals surface area contributed by atoms with Crippen LogP contribution in [0.2, 0.25) is 0 Å². The lowest BCUT2D eigenvalue weighted by atomic mass is 10.0. The van der Waals surface area contributed by atoms with Crippen molar-refractivity contribution < 1.29 is 4.79 Å². The highest BCUT2D eigenvalue weighted by Gasteiger charge is 2.22. The number of H-pyrrole nitrogens is 1. The second-order valence-electron chi connectivity index (χ2n) is 5.95. The lowest BCUT2D eigenvalue weighted by molar-refractivity contribution is 0.0793. The van der Waals surface area contributed by atoms with Crippen LogP contribution in [0.4, 0.5) is 0 Å². The SMILES string of the molecule is O=C(c1cccnc1-c1cccc(-c2ccn[nH]2)c1)N1CCCC1. The van der Waals surface area contributed by atoms with E-state index in [1.807, 2.05) is 47.4 Å². The molecule has 0 unspecified atom stereocenters. The summed E-state index contributed by atoms with van der Waals surface area (Å²) in [7, 11) is 0. The molecule has 5 nitrogen and oxygen atoms in total. The molecule has 1 aromatic carbocycles. The summed E-state index contributed by atoms with van der Waals surface area (Å²) in [6.07, 6.45) is 5.62. The van der Waals surface area contributed by atoms with Gasteiger partial charge in [0.05, 0.1) is 17.0 Å². The molecule has 3 heterocycles. The summed E-state index contributed by atoms with van der Waals surface area (Å²) in [5.41, 5.74) is 4.30. The molecule has 1 aliphatic heterocycles. The smallest absolute Gasteiger partial charge is 0.256 e. The van der Waals surface area contributed by atoms with Gasteiger partial charge in [-0.15, -0.1) is 0 Å². The van der Waals surface area contributed by atoms with E-state index in [0.29, 0.717) is 5.56 Å². The standard InChI is InChI=1S/C19H18N4O/c24-19(23-11-1-2-12-23)16-7-4-9-20-18(16)15-6-3-5-14(13-15)17-8-10-21-22-17/h3-10,13H,1-2,11-12H2,(H,21,22). The van der Waals surface area contributed by atoms with Crippen LogP contribution in [-0.2, 0) is 0 Å². The summed E-state index contributed by atoms with van der Waals surface area (Å²) < 4.78 is 0. The number of nitrogens with zero attached hydrogens (tertiary/aromatic N) is 3. The van der Waals surface area contributed by atoms with Crippen LogP contribution in [0.1, 0.15) is 23.2 Å². The molecule has 3 aromatic rings. The van der Waals surface area contributed by atoms with Crippen LogP contribution in [0.25, 0.3) is 22.5 Å². The first-order valence-corrected chi connectivity index (χ1v) is 8.17. The number of amides is 1. The Bertz CT molecular complexity index is 851. The number of carbonyl (C=O) groups is 1. The van der Waals surface area contributed by atoms with Crippen molar-refractivity contribution in [1.29, 1.82) is 0 Å². The average Bonchev–Trinajstić information content (AvgIpc) is 3.35. The van der Waals surface area contributed by atoms with Gasteiger partial charge in [0, 0.05) is 36.6 Å². The molecular formula is C19H18N4O. The average molecular weight is 318 g/mol. The Morgan fingerprint density at radius 2 is 1.83 bits per heavy atom. The zero-order valence-electron chi connectivity index (χ0n) is 13.3. The molecule has 0 bridgehead atoms. The quantitative estimate of drug-likeness (QED) is 0.805. The van der Waals surface area contributed by atoms with E-state index in [4.69, 9.17) is 0 Å². The first kappa shape index (κ1) is 14.6. The number of hydrogen-bond donors (Lipinski definition) is 1. The van der Waals surface area contributed by atoms with Crippen LogP contribution in [0.5, 0.6) is 0 Å². The van der Waals surface area contributed by atoms with Crippen LogP contribution in [0.15, 0.2) is 54.9 Å². The van der Waals surface area contributed by atoms with Gasteiger partial charge in [-0.1, -0.05) is 18.2 Å². The molecule has 1 aliphatic rings. The lowest BCUT2D eigenvalue weighted by Crippen LogP contribution is -2.28. The summed E-state index contributed by atoms with van der Waals surface area (Å²) in [6, 6.07) is 13.6. The lowest BCUT2D eigenvalue weighted by Gasteiger charge is -2.17. The van der Waals surface area contributed by atoms with Crippen molar-refractivity contribution in [2.45, 2.75) is 12.8 Å². The normalized spacial score (nSPS) is 14.1. The maximum Gasteiger partial charge on any atom is 0.256 e. The van der Waals surface area contributed by atoms with Crippen molar-refractivity contribution >= 4 is 5.91 Å². The summed E-state index contributed by atoms with van der Waals surface area (Å²) in [4.78, 5) is 19.2. The first-order chi connectivity index (χ1) is 11.8. The van der Waals surface area contributed by atoms with Gasteiger partial charge in [-0.25, -0.2) is 0 Å². The van der Waals surface area contributed by atoms with E-state index < -0.39 is 0 Å². The van der Waals surface area contributed by atoms with Gasteiger partial charge in [0.15, 0.2) is 0 Å². The summed E-state index contributed by atoms with van der Waals surface area (Å²) in [5, 5.41) is 6.97. The molecule has 24 heavy (non-hydrogen) atoms. The number of hydrogen-bond acceptors (Lipinski definition) is 3. The molecular weight excluding hydrogens is 300 g/mol. The number of benzene rings is 1. The molecule has 120 valence electrons. The Hall–Kier alpha value is -2.95. The first-order valence-electron chi connectivity index (χ1n) is 8.17. The third-order valence-electron chi connectivity index (χ3n) is 4.38. The molecule has 0 saturated carbocycles. The maximum atomic E-state index is 12.8. The Kier molecular flexibility index (Phi) is 3.83. The van der Waals surface area contributed by atoms with E-state index >= 15 is 0 Å². The number of pyridine rings is 1. The van der Waals surface area contributed by atoms with E-state index in [1.54, 1.807) is 12.4 Å². The number of nitrogens with one attached hydrogen (secondary N) is 1. The molecule has 4 rings (SSSR count). The van der Waals surface area contributed by atoms with Crippen LogP contribution in [0, 0.1) is 0 Å². The largest absolute Gasteiger partial charge is 0.339 e. The molecule has 1 fully saturated rings. The topological polar surface area (TPSA) is 61.9 Å². The fourth-order valence-corrected chi connectivity index (χ4v) is 3.15. The van der Waals surface area contributed by atoms with E-state index in [2.05, 4.69) is 15.2 Å². The highest BCUT2D eigenvalue weighted by atomic mass is 16.2. The number of rotatable bonds is 3. The minimum Gasteiger partial charge on any atom is -0.339 e. The van der Waals surface area contributed by atoms with E-state index in [0.717, 1.165) is 48.4 Å². The van der Waals surface area contributed by atoms with Gasteiger partial charge in [-0.3, -0.25) is 14.9 Å². The van der Waals surface area contributed by atoms with Gasteiger partial charge in [0.2, 0.25) is 0 Å². The van der Waals surface area contributed by atoms with Crippen molar-refractivity contribution in [1.82, 2.24) is 20.1 Å². The third-order valence-corrected chi connectivity index (χ3v) is 4.38. The Balaban J connectivity index is 1.75. The van der Waals surface area contributed by atoms with Crippen molar-refractivity contribution in [2.75, 3.05) is 13.1 Å². The van der Waals surface area contributed by atoms with Gasteiger partial charge >= 0.3 is 0 Å². The number of likely N-dealkylation sites (tertiary alicyclic amines) is 1. The number of aromatic amines is 1. The van der Waals surface area contributed by atoms with Crippen molar-refractivity contribution in [3.8, 4) is 22.5 Å². The van der Waals surface area contributed by atoms with Gasteiger partial charge in [-0.05, 0) is 37.1 Å². The highest BCUT2D eigenvalue weighted by Crippen LogP contribution is 2.27. The minimum atomic E-state index is 0.0718. The number of aromatic nitrogens is 3. The number of carbonyl (C=O) groups excluding carboxylic acids is 1. The maximum absolute atomic E-state index is 12.8. The zero-order valence-corrected chi connectivity index (χ0v) is 13.3. The van der Waals surface area contributed by atoms with Gasteiger partial charge in [-0.2, -0.15) is 5.10 Å². The summed E-state index contributed by atoms with van der Waals surface area (Å²) in [6.45, 7) is 1.67. The molecule has 2 aromatic heterocycles. The van der Waals surface area contributed by atoms with Crippen LogP contribution >= 0.6 is 0 Å². The summed E-state index contributed by atoms with van der Waals surface area (Å²) >= 11 is 0. The fourth-order valence-electron chi connectivity index (χ4n) is 3.15. The summed E-state index contributed by atoms with van der Waals surface area (Å²) in [5.74, 6) is 0.0718. The van der Waals surface area contributed by atoms with Gasteiger partial charge in [0.1, 0.15) is 0 Å². The monoisotopic (exact) mass is 318 g/mol. The molecule has 5 heteroatoms. The fraction of sp³-hybridized carbons (Fsp3) is 0.211. The molecule has 1 saturated heterocycles. The van der Waals surface area contributed by atoms with Crippen LogP contribution in [-0.4, -0.2) is 39.1 Å². The van der Waals surface area contributed by atoms with Gasteiger partial charge in [0.25, 0.3) is 5.91 Å². The second-order valence-corrected chi connectivity index (χ2v) is 5.95. The van der Waals surface area contributed by atoms with Crippen LogP contribution < -0.4 is 0 Å². The predicted octanol–water partition coefficient (Wildman–Crippen LogP) is 3.37. The molecule has 0 spiro atoms. The Labute approximate surface area is 140 Å².